The van der Waals surface area contributed by atoms with Gasteiger partial charge in [-0.3, -0.25) is 0 Å². The van der Waals surface area contributed by atoms with Crippen molar-refractivity contribution in [3.63, 3.8) is 0 Å². The molecule has 1 aliphatic rings. The van der Waals surface area contributed by atoms with Crippen LogP contribution in [0.4, 0.5) is 5.82 Å². The quantitative estimate of drug-likeness (QED) is 0.721. The molecule has 0 aliphatic carbocycles. The fourth-order valence-corrected chi connectivity index (χ4v) is 4.08. The van der Waals surface area contributed by atoms with Crippen molar-refractivity contribution < 1.29 is 0 Å². The molecule has 0 bridgehead atoms. The highest BCUT2D eigenvalue weighted by molar-refractivity contribution is 7.16. The molecule has 2 aromatic heterocycles. The third-order valence-electron chi connectivity index (χ3n) is 4.70. The smallest absolute Gasteiger partial charge is 0.140 e. The third kappa shape index (κ3) is 2.36. The van der Waals surface area contributed by atoms with Crippen molar-refractivity contribution in [2.75, 3.05) is 18.0 Å². The Kier molecular flexibility index (Phi) is 3.47. The minimum Gasteiger partial charge on any atom is -0.356 e. The summed E-state index contributed by atoms with van der Waals surface area (Å²) >= 11 is 1.64. The van der Waals surface area contributed by atoms with Gasteiger partial charge in [-0.05, 0) is 29.9 Å². The highest BCUT2D eigenvalue weighted by atomic mass is 32.1. The summed E-state index contributed by atoms with van der Waals surface area (Å²) in [5, 5.41) is 13.0. The summed E-state index contributed by atoms with van der Waals surface area (Å²) in [4.78, 5) is 12.1. The second-order valence-electron chi connectivity index (χ2n) is 5.88. The minimum absolute atomic E-state index is 0.376. The molecular weight excluding hydrogens is 304 g/mol. The van der Waals surface area contributed by atoms with E-state index in [1.165, 1.54) is 0 Å². The lowest BCUT2D eigenvalue weighted by molar-refractivity contribution is 0.414. The van der Waals surface area contributed by atoms with Gasteiger partial charge in [-0.1, -0.05) is 30.3 Å². The number of nitrogens with zero attached hydrogens (tertiary/aromatic N) is 4. The van der Waals surface area contributed by atoms with Gasteiger partial charge in [0.05, 0.1) is 16.9 Å². The highest BCUT2D eigenvalue weighted by Gasteiger charge is 2.37. The molecule has 1 aliphatic heterocycles. The van der Waals surface area contributed by atoms with E-state index >= 15 is 0 Å². The van der Waals surface area contributed by atoms with Crippen molar-refractivity contribution in [2.24, 2.45) is 0 Å². The van der Waals surface area contributed by atoms with Gasteiger partial charge in [0, 0.05) is 13.1 Å². The van der Waals surface area contributed by atoms with E-state index in [4.69, 9.17) is 0 Å². The first-order chi connectivity index (χ1) is 11.3. The fraction of sp³-hybridized carbons (Fsp3) is 0.278. The van der Waals surface area contributed by atoms with E-state index in [1.807, 2.05) is 18.2 Å². The topological polar surface area (TPSA) is 52.8 Å². The summed E-state index contributed by atoms with van der Waals surface area (Å²) in [7, 11) is 0. The van der Waals surface area contributed by atoms with Gasteiger partial charge in [0.1, 0.15) is 17.0 Å². The van der Waals surface area contributed by atoms with Crippen LogP contribution in [-0.2, 0) is 5.41 Å². The number of fused-ring (bicyclic) bond motifs is 1. The van der Waals surface area contributed by atoms with E-state index in [-0.39, 0.29) is 5.41 Å². The summed E-state index contributed by atoms with van der Waals surface area (Å²) in [6, 6.07) is 14.8. The Bertz CT molecular complexity index is 857. The van der Waals surface area contributed by atoms with E-state index in [1.54, 1.807) is 17.7 Å². The zero-order valence-corrected chi connectivity index (χ0v) is 13.5. The van der Waals surface area contributed by atoms with E-state index in [0.717, 1.165) is 47.5 Å². The molecule has 3 aromatic rings. The molecule has 0 spiro atoms. The number of aromatic nitrogens is 2. The molecule has 0 radical (unpaired) electrons. The molecule has 1 aromatic carbocycles. The zero-order chi connectivity index (χ0) is 15.7. The second-order valence-corrected chi connectivity index (χ2v) is 6.78. The highest BCUT2D eigenvalue weighted by Crippen LogP contribution is 2.37. The number of nitriles is 1. The first-order valence-electron chi connectivity index (χ1n) is 7.72. The van der Waals surface area contributed by atoms with E-state index < -0.39 is 0 Å². The average Bonchev–Trinajstić information content (AvgIpc) is 3.11. The van der Waals surface area contributed by atoms with Gasteiger partial charge < -0.3 is 4.90 Å². The maximum absolute atomic E-state index is 9.80. The molecule has 0 amide bonds. The summed E-state index contributed by atoms with van der Waals surface area (Å²) < 4.78 is 0. The summed E-state index contributed by atoms with van der Waals surface area (Å²) in [6.45, 7) is 1.68. The van der Waals surface area contributed by atoms with Crippen LogP contribution < -0.4 is 4.90 Å². The van der Waals surface area contributed by atoms with Crippen molar-refractivity contribution in [1.29, 1.82) is 5.26 Å². The molecule has 1 fully saturated rings. The Labute approximate surface area is 139 Å². The minimum atomic E-state index is -0.376. The van der Waals surface area contributed by atoms with Gasteiger partial charge in [0.2, 0.25) is 0 Å². The van der Waals surface area contributed by atoms with Crippen LogP contribution in [0, 0.1) is 11.3 Å². The molecule has 1 saturated heterocycles. The molecule has 3 heterocycles. The van der Waals surface area contributed by atoms with Crippen LogP contribution in [0.2, 0.25) is 0 Å². The molecule has 0 atom stereocenters. The Balaban J connectivity index is 1.62. The predicted octanol–water partition coefficient (Wildman–Crippen LogP) is 3.75. The SMILES string of the molecule is N#CC1(c2ccccc2)CCN(c2ncnc3sccc23)CC1. The molecule has 4 rings (SSSR count). The lowest BCUT2D eigenvalue weighted by atomic mass is 9.74. The van der Waals surface area contributed by atoms with Crippen LogP contribution in [0.5, 0.6) is 0 Å². The summed E-state index contributed by atoms with van der Waals surface area (Å²) in [5.74, 6) is 0.996. The monoisotopic (exact) mass is 320 g/mol. The number of piperidine rings is 1. The number of anilines is 1. The largest absolute Gasteiger partial charge is 0.356 e. The lowest BCUT2D eigenvalue weighted by Crippen LogP contribution is -2.42. The molecule has 0 unspecified atom stereocenters. The van der Waals surface area contributed by atoms with Crippen molar-refractivity contribution in [2.45, 2.75) is 18.3 Å². The normalized spacial score (nSPS) is 17.1. The van der Waals surface area contributed by atoms with Crippen molar-refractivity contribution in [3.8, 4) is 6.07 Å². The van der Waals surface area contributed by atoms with Crippen LogP contribution >= 0.6 is 11.3 Å². The zero-order valence-electron chi connectivity index (χ0n) is 12.6. The molecule has 114 valence electrons. The van der Waals surface area contributed by atoms with Crippen LogP contribution in [0.15, 0.2) is 48.1 Å². The van der Waals surface area contributed by atoms with Gasteiger partial charge in [-0.2, -0.15) is 5.26 Å². The second kappa shape index (κ2) is 5.64. The molecule has 23 heavy (non-hydrogen) atoms. The van der Waals surface area contributed by atoms with E-state index in [2.05, 4.69) is 44.5 Å². The summed E-state index contributed by atoms with van der Waals surface area (Å²) in [6.07, 6.45) is 3.28. The third-order valence-corrected chi connectivity index (χ3v) is 5.52. The number of rotatable bonds is 2. The molecule has 5 heteroatoms. The predicted molar refractivity (Wildman–Crippen MR) is 92.6 cm³/mol. The van der Waals surface area contributed by atoms with Crippen molar-refractivity contribution in [3.05, 3.63) is 53.7 Å². The maximum atomic E-state index is 9.80. The molecule has 0 N–H and O–H groups in total. The van der Waals surface area contributed by atoms with E-state index in [9.17, 15) is 5.26 Å². The first kappa shape index (κ1) is 14.2. The molecule has 4 nitrogen and oxygen atoms in total. The Morgan fingerprint density at radius 3 is 2.61 bits per heavy atom. The Morgan fingerprint density at radius 1 is 1.09 bits per heavy atom. The van der Waals surface area contributed by atoms with Gasteiger partial charge in [0.25, 0.3) is 0 Å². The Hall–Kier alpha value is -2.45. The number of thiophene rings is 1. The average molecular weight is 320 g/mol. The van der Waals surface area contributed by atoms with Gasteiger partial charge in [-0.15, -0.1) is 11.3 Å². The van der Waals surface area contributed by atoms with Gasteiger partial charge in [0.15, 0.2) is 0 Å². The molecule has 0 saturated carbocycles. The molecular formula is C18H16N4S. The van der Waals surface area contributed by atoms with Gasteiger partial charge in [-0.25, -0.2) is 9.97 Å². The number of hydrogen-bond donors (Lipinski definition) is 0. The summed E-state index contributed by atoms with van der Waals surface area (Å²) in [5.41, 5.74) is 0.754. The van der Waals surface area contributed by atoms with Crippen LogP contribution in [0.1, 0.15) is 18.4 Å². The van der Waals surface area contributed by atoms with Crippen LogP contribution in [0.25, 0.3) is 10.2 Å². The van der Waals surface area contributed by atoms with Crippen LogP contribution in [-0.4, -0.2) is 23.1 Å². The van der Waals surface area contributed by atoms with Gasteiger partial charge >= 0.3 is 0 Å². The first-order valence-corrected chi connectivity index (χ1v) is 8.60. The fourth-order valence-electron chi connectivity index (χ4n) is 3.35. The standard InChI is InChI=1S/C18H16N4S/c19-12-18(14-4-2-1-3-5-14)7-9-22(10-8-18)16-15-6-11-23-17(15)21-13-20-16/h1-6,11,13H,7-10H2. The van der Waals surface area contributed by atoms with E-state index in [0.29, 0.717) is 0 Å². The van der Waals surface area contributed by atoms with Crippen LogP contribution in [0.3, 0.4) is 0 Å². The van der Waals surface area contributed by atoms with Crippen molar-refractivity contribution >= 4 is 27.4 Å². The number of hydrogen-bond acceptors (Lipinski definition) is 5. The lowest BCUT2D eigenvalue weighted by Gasteiger charge is -2.38. The Morgan fingerprint density at radius 2 is 1.87 bits per heavy atom. The maximum Gasteiger partial charge on any atom is 0.140 e. The van der Waals surface area contributed by atoms with Crippen molar-refractivity contribution in [1.82, 2.24) is 9.97 Å². The number of benzene rings is 1.